The van der Waals surface area contributed by atoms with Crippen molar-refractivity contribution >= 4 is 5.97 Å². The second-order valence-electron chi connectivity index (χ2n) is 11.3. The van der Waals surface area contributed by atoms with Crippen LogP contribution in [0.15, 0.2) is 97.1 Å². The molecule has 4 aromatic carbocycles. The number of hydrogen-bond acceptors (Lipinski definition) is 4. The number of carbonyl (C=O) groups is 1. The molecule has 0 spiro atoms. The number of benzene rings is 4. The van der Waals surface area contributed by atoms with Gasteiger partial charge in [0.05, 0.1) is 19.6 Å². The number of carboxylic acid groups (broad SMARTS) is 1. The SMILES string of the molecule is O=C(O)CCN(CCOC1c2ccccc2CCc2ccccc21)CCOC1c2ccccc2CCc2ccccc21. The van der Waals surface area contributed by atoms with Crippen LogP contribution in [-0.2, 0) is 40.0 Å². The van der Waals surface area contributed by atoms with Crippen LogP contribution in [0.25, 0.3) is 0 Å². The summed E-state index contributed by atoms with van der Waals surface area (Å²) in [5.74, 6) is -0.792. The molecule has 0 fully saturated rings. The molecule has 5 nitrogen and oxygen atoms in total. The summed E-state index contributed by atoms with van der Waals surface area (Å²) in [5, 5.41) is 9.43. The molecular weight excluding hydrogens is 522 g/mol. The van der Waals surface area contributed by atoms with Crippen molar-refractivity contribution in [2.75, 3.05) is 32.8 Å². The molecule has 0 amide bonds. The molecule has 0 atom stereocenters. The van der Waals surface area contributed by atoms with Crippen molar-refractivity contribution in [3.8, 4) is 0 Å². The highest BCUT2D eigenvalue weighted by Crippen LogP contribution is 2.36. The normalized spacial score (nSPS) is 14.8. The number of fused-ring (bicyclic) bond motifs is 4. The Balaban J connectivity index is 1.14. The van der Waals surface area contributed by atoms with E-state index in [-0.39, 0.29) is 18.6 Å². The third-order valence-corrected chi connectivity index (χ3v) is 8.70. The number of ether oxygens (including phenoxy) is 2. The maximum Gasteiger partial charge on any atom is 0.304 e. The fourth-order valence-corrected chi connectivity index (χ4v) is 6.49. The molecule has 2 aliphatic carbocycles. The molecule has 0 aromatic heterocycles. The molecule has 0 saturated carbocycles. The topological polar surface area (TPSA) is 59.0 Å². The van der Waals surface area contributed by atoms with Crippen LogP contribution in [0, 0.1) is 0 Å². The minimum atomic E-state index is -0.792. The van der Waals surface area contributed by atoms with Crippen molar-refractivity contribution in [3.63, 3.8) is 0 Å². The third kappa shape index (κ3) is 6.49. The summed E-state index contributed by atoms with van der Waals surface area (Å²) >= 11 is 0. The molecule has 42 heavy (non-hydrogen) atoms. The van der Waals surface area contributed by atoms with Gasteiger partial charge in [0.1, 0.15) is 12.2 Å². The molecule has 6 rings (SSSR count). The number of rotatable bonds is 11. The maximum absolute atomic E-state index is 11.5. The quantitative estimate of drug-likeness (QED) is 0.224. The second-order valence-corrected chi connectivity index (χ2v) is 11.3. The van der Waals surface area contributed by atoms with E-state index < -0.39 is 5.97 Å². The summed E-state index contributed by atoms with van der Waals surface area (Å²) in [7, 11) is 0. The van der Waals surface area contributed by atoms with E-state index in [1.165, 1.54) is 44.5 Å². The first-order chi connectivity index (χ1) is 20.7. The zero-order valence-electron chi connectivity index (χ0n) is 24.1. The highest BCUT2D eigenvalue weighted by Gasteiger charge is 2.26. The first kappa shape index (κ1) is 28.4. The molecule has 4 aromatic rings. The average Bonchev–Trinajstić information content (AvgIpc) is 3.28. The van der Waals surface area contributed by atoms with Crippen molar-refractivity contribution < 1.29 is 19.4 Å². The molecule has 0 bridgehead atoms. The number of aryl methyl sites for hydroxylation is 4. The van der Waals surface area contributed by atoms with Gasteiger partial charge in [-0.1, -0.05) is 97.1 Å². The molecule has 0 radical (unpaired) electrons. The van der Waals surface area contributed by atoms with Gasteiger partial charge in [-0.15, -0.1) is 0 Å². The number of hydrogen-bond donors (Lipinski definition) is 1. The van der Waals surface area contributed by atoms with Gasteiger partial charge in [0.25, 0.3) is 0 Å². The van der Waals surface area contributed by atoms with E-state index in [1.54, 1.807) is 0 Å². The molecular formula is C37H39NO4. The fourth-order valence-electron chi connectivity index (χ4n) is 6.49. The zero-order chi connectivity index (χ0) is 28.7. The number of nitrogens with zero attached hydrogens (tertiary/aromatic N) is 1. The molecule has 216 valence electrons. The van der Waals surface area contributed by atoms with Crippen LogP contribution in [0.4, 0.5) is 0 Å². The second kappa shape index (κ2) is 13.5. The molecule has 0 heterocycles. The van der Waals surface area contributed by atoms with Crippen molar-refractivity contribution in [1.82, 2.24) is 4.90 Å². The first-order valence-corrected chi connectivity index (χ1v) is 15.2. The van der Waals surface area contributed by atoms with E-state index in [0.29, 0.717) is 32.8 Å². The van der Waals surface area contributed by atoms with Crippen LogP contribution < -0.4 is 0 Å². The third-order valence-electron chi connectivity index (χ3n) is 8.70. The highest BCUT2D eigenvalue weighted by atomic mass is 16.5. The van der Waals surface area contributed by atoms with E-state index >= 15 is 0 Å². The van der Waals surface area contributed by atoms with Crippen LogP contribution in [-0.4, -0.2) is 48.8 Å². The van der Waals surface area contributed by atoms with Gasteiger partial charge < -0.3 is 14.6 Å². The minimum Gasteiger partial charge on any atom is -0.481 e. The predicted octanol–water partition coefficient (Wildman–Crippen LogP) is 6.57. The lowest BCUT2D eigenvalue weighted by atomic mass is 9.97. The van der Waals surface area contributed by atoms with Gasteiger partial charge in [-0.25, -0.2) is 0 Å². The van der Waals surface area contributed by atoms with Crippen molar-refractivity contribution in [2.45, 2.75) is 44.3 Å². The van der Waals surface area contributed by atoms with Crippen molar-refractivity contribution in [1.29, 1.82) is 0 Å². The summed E-state index contributed by atoms with van der Waals surface area (Å²) in [6, 6.07) is 34.3. The van der Waals surface area contributed by atoms with E-state index in [4.69, 9.17) is 9.47 Å². The Morgan fingerprint density at radius 3 is 1.24 bits per heavy atom. The van der Waals surface area contributed by atoms with Gasteiger partial charge >= 0.3 is 5.97 Å². The highest BCUT2D eigenvalue weighted by molar-refractivity contribution is 5.66. The Hall–Kier alpha value is -3.77. The monoisotopic (exact) mass is 561 g/mol. The van der Waals surface area contributed by atoms with Crippen LogP contribution >= 0.6 is 0 Å². The maximum atomic E-state index is 11.5. The molecule has 5 heteroatoms. The van der Waals surface area contributed by atoms with Crippen LogP contribution in [0.3, 0.4) is 0 Å². The first-order valence-electron chi connectivity index (χ1n) is 15.2. The predicted molar refractivity (Wildman–Crippen MR) is 165 cm³/mol. The van der Waals surface area contributed by atoms with Gasteiger partial charge in [0.15, 0.2) is 0 Å². The molecule has 2 aliphatic rings. The van der Waals surface area contributed by atoms with Gasteiger partial charge in [0, 0.05) is 19.6 Å². The summed E-state index contributed by atoms with van der Waals surface area (Å²) in [5.41, 5.74) is 10.2. The summed E-state index contributed by atoms with van der Waals surface area (Å²) in [4.78, 5) is 13.6. The molecule has 0 saturated heterocycles. The Morgan fingerprint density at radius 2 is 0.905 bits per heavy atom. The zero-order valence-corrected chi connectivity index (χ0v) is 24.1. The Morgan fingerprint density at radius 1 is 0.571 bits per heavy atom. The smallest absolute Gasteiger partial charge is 0.304 e. The van der Waals surface area contributed by atoms with Gasteiger partial charge in [-0.3, -0.25) is 9.69 Å². The Bertz CT molecular complexity index is 1320. The Kier molecular flexibility index (Phi) is 9.09. The minimum absolute atomic E-state index is 0.0875. The van der Waals surface area contributed by atoms with Gasteiger partial charge in [-0.2, -0.15) is 0 Å². The van der Waals surface area contributed by atoms with E-state index in [9.17, 15) is 9.90 Å². The van der Waals surface area contributed by atoms with Crippen molar-refractivity contribution in [2.24, 2.45) is 0 Å². The number of carboxylic acids is 1. The van der Waals surface area contributed by atoms with E-state index in [2.05, 4.69) is 102 Å². The largest absolute Gasteiger partial charge is 0.481 e. The standard InChI is InChI=1S/C37H39NO4/c39-35(40)21-22-38(23-25-41-36-31-13-5-1-9-27(31)17-18-28-10-2-6-14-32(28)36)24-26-42-37-33-15-7-3-11-29(33)19-20-30-12-4-8-16-34(30)37/h1-16,36-37H,17-26H2,(H,39,40). The summed E-state index contributed by atoms with van der Waals surface area (Å²) in [6.45, 7) is 2.73. The van der Waals surface area contributed by atoms with E-state index in [1.807, 2.05) is 0 Å². The Labute approximate surface area is 248 Å². The summed E-state index contributed by atoms with van der Waals surface area (Å²) in [6.07, 6.45) is 3.84. The number of aliphatic carboxylic acids is 1. The van der Waals surface area contributed by atoms with Crippen LogP contribution in [0.1, 0.15) is 63.1 Å². The molecule has 0 unspecified atom stereocenters. The lowest BCUT2D eigenvalue weighted by Crippen LogP contribution is -2.33. The lowest BCUT2D eigenvalue weighted by molar-refractivity contribution is -0.137. The van der Waals surface area contributed by atoms with E-state index in [0.717, 1.165) is 25.7 Å². The average molecular weight is 562 g/mol. The molecule has 1 N–H and O–H groups in total. The fraction of sp³-hybridized carbons (Fsp3) is 0.324. The van der Waals surface area contributed by atoms with Crippen molar-refractivity contribution in [3.05, 3.63) is 142 Å². The molecule has 0 aliphatic heterocycles. The summed E-state index contributed by atoms with van der Waals surface area (Å²) < 4.78 is 13.3. The van der Waals surface area contributed by atoms with Crippen LogP contribution in [0.5, 0.6) is 0 Å². The lowest BCUT2D eigenvalue weighted by Gasteiger charge is -2.26. The van der Waals surface area contributed by atoms with Gasteiger partial charge in [0.2, 0.25) is 0 Å². The van der Waals surface area contributed by atoms with Gasteiger partial charge in [-0.05, 0) is 70.2 Å². The van der Waals surface area contributed by atoms with Crippen LogP contribution in [0.2, 0.25) is 0 Å².